The minimum Gasteiger partial charge on any atom is -0.388 e. The van der Waals surface area contributed by atoms with Crippen LogP contribution in [0.4, 0.5) is 0 Å². The molecule has 1 saturated heterocycles. The van der Waals surface area contributed by atoms with Crippen molar-refractivity contribution in [1.82, 2.24) is 4.90 Å². The maximum absolute atomic E-state index is 10.4. The van der Waals surface area contributed by atoms with Gasteiger partial charge >= 0.3 is 0 Å². The van der Waals surface area contributed by atoms with Gasteiger partial charge in [-0.15, -0.1) is 0 Å². The van der Waals surface area contributed by atoms with Gasteiger partial charge in [0.2, 0.25) is 0 Å². The van der Waals surface area contributed by atoms with Crippen molar-refractivity contribution in [1.29, 1.82) is 0 Å². The van der Waals surface area contributed by atoms with Crippen LogP contribution < -0.4 is 0 Å². The van der Waals surface area contributed by atoms with Gasteiger partial charge in [-0.2, -0.15) is 0 Å². The third kappa shape index (κ3) is 4.30. The number of ether oxygens (including phenoxy) is 1. The topological polar surface area (TPSA) is 32.7 Å². The van der Waals surface area contributed by atoms with Gasteiger partial charge in [-0.3, -0.25) is 0 Å². The zero-order chi connectivity index (χ0) is 14.4. The average molecular weight is 277 g/mol. The van der Waals surface area contributed by atoms with Crippen molar-refractivity contribution in [2.75, 3.05) is 26.2 Å². The highest BCUT2D eigenvalue weighted by atomic mass is 16.5. The van der Waals surface area contributed by atoms with E-state index in [1.165, 1.54) is 12.8 Å². The summed E-state index contributed by atoms with van der Waals surface area (Å²) in [7, 11) is 0. The molecule has 0 aliphatic carbocycles. The normalized spacial score (nSPS) is 22.1. The van der Waals surface area contributed by atoms with E-state index in [1.807, 2.05) is 30.3 Å². The molecule has 20 heavy (non-hydrogen) atoms. The molecule has 0 aromatic heterocycles. The first-order valence-electron chi connectivity index (χ1n) is 7.77. The minimum absolute atomic E-state index is 0.221. The first-order valence-corrected chi connectivity index (χ1v) is 7.77. The van der Waals surface area contributed by atoms with Gasteiger partial charge in [0.15, 0.2) is 0 Å². The maximum Gasteiger partial charge on any atom is 0.0827 e. The summed E-state index contributed by atoms with van der Waals surface area (Å²) in [6.07, 6.45) is 2.35. The number of aliphatic hydroxyl groups excluding tert-OH is 1. The monoisotopic (exact) mass is 277 g/mol. The number of rotatable bonds is 7. The van der Waals surface area contributed by atoms with Crippen molar-refractivity contribution in [3.8, 4) is 0 Å². The van der Waals surface area contributed by atoms with Crippen molar-refractivity contribution in [2.24, 2.45) is 5.92 Å². The molecule has 3 atom stereocenters. The average Bonchev–Trinajstić information content (AvgIpc) is 2.99. The van der Waals surface area contributed by atoms with Crippen LogP contribution in [0.15, 0.2) is 30.3 Å². The lowest BCUT2D eigenvalue weighted by molar-refractivity contribution is 0.0492. The van der Waals surface area contributed by atoms with Crippen LogP contribution >= 0.6 is 0 Å². The van der Waals surface area contributed by atoms with E-state index < -0.39 is 6.10 Å². The van der Waals surface area contributed by atoms with Gasteiger partial charge < -0.3 is 14.7 Å². The maximum atomic E-state index is 10.4. The third-order valence-corrected chi connectivity index (χ3v) is 4.16. The smallest absolute Gasteiger partial charge is 0.0827 e. The second-order valence-corrected chi connectivity index (χ2v) is 5.82. The Labute approximate surface area is 122 Å². The molecule has 112 valence electrons. The van der Waals surface area contributed by atoms with Crippen LogP contribution in [0.3, 0.4) is 0 Å². The van der Waals surface area contributed by atoms with Crippen LogP contribution in [0.2, 0.25) is 0 Å². The van der Waals surface area contributed by atoms with E-state index >= 15 is 0 Å². The molecular weight excluding hydrogens is 250 g/mol. The fraction of sp³-hybridized carbons (Fsp3) is 0.647. The molecule has 3 heteroatoms. The van der Waals surface area contributed by atoms with Crippen LogP contribution in [0, 0.1) is 5.92 Å². The first-order chi connectivity index (χ1) is 9.70. The molecule has 1 heterocycles. The fourth-order valence-corrected chi connectivity index (χ4v) is 2.89. The van der Waals surface area contributed by atoms with Crippen LogP contribution in [-0.4, -0.2) is 42.4 Å². The number of hydrogen-bond donors (Lipinski definition) is 1. The highest BCUT2D eigenvalue weighted by molar-refractivity contribution is 5.17. The van der Waals surface area contributed by atoms with Crippen LogP contribution in [-0.2, 0) is 4.74 Å². The fourth-order valence-electron chi connectivity index (χ4n) is 2.89. The number of hydrogen-bond acceptors (Lipinski definition) is 3. The molecule has 0 saturated carbocycles. The molecule has 3 unspecified atom stereocenters. The Kier molecular flexibility index (Phi) is 6.02. The lowest BCUT2D eigenvalue weighted by Gasteiger charge is -2.29. The summed E-state index contributed by atoms with van der Waals surface area (Å²) in [6, 6.07) is 9.94. The number of nitrogens with zero attached hydrogens (tertiary/aromatic N) is 1. The van der Waals surface area contributed by atoms with Crippen molar-refractivity contribution in [3.63, 3.8) is 0 Å². The van der Waals surface area contributed by atoms with Crippen molar-refractivity contribution in [2.45, 2.75) is 38.9 Å². The molecule has 0 bridgehead atoms. The van der Waals surface area contributed by atoms with Crippen molar-refractivity contribution < 1.29 is 9.84 Å². The van der Waals surface area contributed by atoms with E-state index in [0.717, 1.165) is 31.8 Å². The van der Waals surface area contributed by atoms with E-state index in [9.17, 15) is 5.11 Å². The summed E-state index contributed by atoms with van der Waals surface area (Å²) < 4.78 is 5.71. The Hall–Kier alpha value is -0.900. The Balaban J connectivity index is 1.86. The SMILES string of the molecule is CCN(CC1CCCO1)CC(C)C(O)c1ccccc1. The van der Waals surface area contributed by atoms with Crippen LogP contribution in [0.1, 0.15) is 38.4 Å². The molecule has 0 amide bonds. The lowest BCUT2D eigenvalue weighted by Crippen LogP contribution is -2.36. The zero-order valence-corrected chi connectivity index (χ0v) is 12.7. The van der Waals surface area contributed by atoms with E-state index in [4.69, 9.17) is 4.74 Å². The summed E-state index contributed by atoms with van der Waals surface area (Å²) >= 11 is 0. The summed E-state index contributed by atoms with van der Waals surface area (Å²) in [6.45, 7) is 8.11. The highest BCUT2D eigenvalue weighted by Gasteiger charge is 2.22. The molecule has 2 rings (SSSR count). The molecule has 3 nitrogen and oxygen atoms in total. The predicted octanol–water partition coefficient (Wildman–Crippen LogP) is 2.86. The molecule has 1 aliphatic rings. The van der Waals surface area contributed by atoms with Gasteiger partial charge in [0.1, 0.15) is 0 Å². The molecule has 1 aromatic rings. The van der Waals surface area contributed by atoms with Gasteiger partial charge in [-0.25, -0.2) is 0 Å². The van der Waals surface area contributed by atoms with Gasteiger partial charge in [-0.1, -0.05) is 44.2 Å². The Morgan fingerprint density at radius 1 is 1.35 bits per heavy atom. The van der Waals surface area contributed by atoms with E-state index in [1.54, 1.807) is 0 Å². The zero-order valence-electron chi connectivity index (χ0n) is 12.7. The molecule has 1 aromatic carbocycles. The van der Waals surface area contributed by atoms with Gasteiger partial charge in [0.25, 0.3) is 0 Å². The summed E-state index contributed by atoms with van der Waals surface area (Å²) in [5, 5.41) is 10.4. The highest BCUT2D eigenvalue weighted by Crippen LogP contribution is 2.23. The predicted molar refractivity (Wildman–Crippen MR) is 81.7 cm³/mol. The number of aliphatic hydroxyl groups is 1. The van der Waals surface area contributed by atoms with Crippen LogP contribution in [0.5, 0.6) is 0 Å². The molecule has 1 N–H and O–H groups in total. The first kappa shape index (κ1) is 15.5. The summed E-state index contributed by atoms with van der Waals surface area (Å²) in [5.74, 6) is 0.221. The van der Waals surface area contributed by atoms with Crippen molar-refractivity contribution >= 4 is 0 Å². The van der Waals surface area contributed by atoms with E-state index in [-0.39, 0.29) is 5.92 Å². The molecule has 1 fully saturated rings. The van der Waals surface area contributed by atoms with Crippen molar-refractivity contribution in [3.05, 3.63) is 35.9 Å². The minimum atomic E-state index is -0.394. The second kappa shape index (κ2) is 7.77. The number of benzene rings is 1. The van der Waals surface area contributed by atoms with E-state index in [0.29, 0.717) is 6.10 Å². The Morgan fingerprint density at radius 2 is 2.10 bits per heavy atom. The molecule has 0 radical (unpaired) electrons. The van der Waals surface area contributed by atoms with Gasteiger partial charge in [0.05, 0.1) is 12.2 Å². The number of likely N-dealkylation sites (N-methyl/N-ethyl adjacent to an activating group) is 1. The lowest BCUT2D eigenvalue weighted by atomic mass is 9.97. The van der Waals surface area contributed by atoms with Crippen LogP contribution in [0.25, 0.3) is 0 Å². The molecular formula is C17H27NO2. The third-order valence-electron chi connectivity index (χ3n) is 4.16. The quantitative estimate of drug-likeness (QED) is 0.832. The van der Waals surface area contributed by atoms with E-state index in [2.05, 4.69) is 18.7 Å². The Bertz CT molecular complexity index is 376. The Morgan fingerprint density at radius 3 is 2.70 bits per heavy atom. The largest absolute Gasteiger partial charge is 0.388 e. The van der Waals surface area contributed by atoms with Gasteiger partial charge in [0, 0.05) is 19.7 Å². The molecule has 0 spiro atoms. The van der Waals surface area contributed by atoms with Gasteiger partial charge in [-0.05, 0) is 30.9 Å². The summed E-state index contributed by atoms with van der Waals surface area (Å²) in [5.41, 5.74) is 1.01. The second-order valence-electron chi connectivity index (χ2n) is 5.82. The molecule has 1 aliphatic heterocycles. The summed E-state index contributed by atoms with van der Waals surface area (Å²) in [4.78, 5) is 2.40. The standard InChI is InChI=1S/C17H27NO2/c1-3-18(13-16-10-7-11-20-16)12-14(2)17(19)15-8-5-4-6-9-15/h4-6,8-9,14,16-17,19H,3,7,10-13H2,1-2H3.